The summed E-state index contributed by atoms with van der Waals surface area (Å²) in [5.41, 5.74) is 11.2. The van der Waals surface area contributed by atoms with Crippen molar-refractivity contribution in [1.29, 1.82) is 0 Å². The quantitative estimate of drug-likeness (QED) is 0.721. The van der Waals surface area contributed by atoms with E-state index < -0.39 is 6.03 Å². The molecular formula is C20H24N4O3. The van der Waals surface area contributed by atoms with Crippen molar-refractivity contribution in [3.05, 3.63) is 52.5 Å². The largest absolute Gasteiger partial charge is 0.455 e. The maximum absolute atomic E-state index is 12.8. The number of hydrogen-bond donors (Lipinski definition) is 3. The molecule has 0 saturated heterocycles. The van der Waals surface area contributed by atoms with Gasteiger partial charge in [0, 0.05) is 23.2 Å². The molecule has 7 heteroatoms. The summed E-state index contributed by atoms with van der Waals surface area (Å²) < 4.78 is 5.94. The van der Waals surface area contributed by atoms with Crippen LogP contribution in [0.1, 0.15) is 53.3 Å². The van der Waals surface area contributed by atoms with Gasteiger partial charge in [-0.2, -0.15) is 5.10 Å². The van der Waals surface area contributed by atoms with E-state index in [4.69, 9.17) is 10.2 Å². The molecule has 7 nitrogen and oxygen atoms in total. The summed E-state index contributed by atoms with van der Waals surface area (Å²) in [4.78, 5) is 23.8. The number of primary amides is 1. The Morgan fingerprint density at radius 1 is 1.22 bits per heavy atom. The van der Waals surface area contributed by atoms with Crippen LogP contribution < -0.4 is 16.5 Å². The minimum atomic E-state index is -0.731. The molecule has 1 heterocycles. The summed E-state index contributed by atoms with van der Waals surface area (Å²) in [5, 5.41) is 7.02. The van der Waals surface area contributed by atoms with Crippen LogP contribution >= 0.6 is 0 Å². The average molecular weight is 368 g/mol. The first-order chi connectivity index (χ1) is 12.7. The lowest BCUT2D eigenvalue weighted by Gasteiger charge is -2.29. The van der Waals surface area contributed by atoms with Crippen LogP contribution in [-0.2, 0) is 6.42 Å². The smallest absolute Gasteiger partial charge is 0.332 e. The highest BCUT2D eigenvalue weighted by atomic mass is 16.4. The summed E-state index contributed by atoms with van der Waals surface area (Å²) in [6, 6.07) is 6.83. The Morgan fingerprint density at radius 3 is 2.63 bits per heavy atom. The molecule has 0 atom stereocenters. The third-order valence-electron chi connectivity index (χ3n) is 4.58. The number of rotatable bonds is 3. The predicted octanol–water partition coefficient (Wildman–Crippen LogP) is 3.49. The summed E-state index contributed by atoms with van der Waals surface area (Å²) in [6.07, 6.45) is 1.32. The van der Waals surface area contributed by atoms with E-state index in [2.05, 4.69) is 29.7 Å². The first kappa shape index (κ1) is 18.7. The Morgan fingerprint density at radius 2 is 1.96 bits per heavy atom. The van der Waals surface area contributed by atoms with Crippen LogP contribution in [0.25, 0.3) is 0 Å². The molecule has 27 heavy (non-hydrogen) atoms. The number of amides is 3. The van der Waals surface area contributed by atoms with E-state index in [0.29, 0.717) is 35.6 Å². The molecule has 0 fully saturated rings. The molecule has 0 unspecified atom stereocenters. The number of urea groups is 1. The molecule has 3 amide bonds. The molecule has 142 valence electrons. The molecule has 1 aliphatic carbocycles. The number of carbonyl (C=O) groups excluding carboxylic acids is 2. The lowest BCUT2D eigenvalue weighted by atomic mass is 9.75. The fourth-order valence-electron chi connectivity index (χ4n) is 3.46. The second-order valence-electron chi connectivity index (χ2n) is 7.73. The van der Waals surface area contributed by atoms with E-state index in [1.54, 1.807) is 0 Å². The van der Waals surface area contributed by atoms with Crippen molar-refractivity contribution in [3.8, 4) is 0 Å². The molecule has 0 spiro atoms. The van der Waals surface area contributed by atoms with Crippen molar-refractivity contribution in [3.63, 3.8) is 0 Å². The molecule has 1 aliphatic rings. The van der Waals surface area contributed by atoms with Crippen molar-refractivity contribution in [1.82, 2.24) is 5.43 Å². The molecule has 3 rings (SSSR count). The molecule has 2 aromatic rings. The Balaban J connectivity index is 1.97. The van der Waals surface area contributed by atoms with Crippen LogP contribution in [0.3, 0.4) is 0 Å². The maximum Gasteiger partial charge on any atom is 0.332 e. The van der Waals surface area contributed by atoms with Gasteiger partial charge in [0.15, 0.2) is 5.76 Å². The number of hydrazone groups is 1. The predicted molar refractivity (Wildman–Crippen MR) is 104 cm³/mol. The lowest BCUT2D eigenvalue weighted by Crippen LogP contribution is -2.31. The van der Waals surface area contributed by atoms with Crippen LogP contribution in [-0.4, -0.2) is 17.6 Å². The standard InChI is InChI=1S/C20H24N4O3/c1-11-6-5-7-13(8-11)22-18(25)17-12(2)16-14(23-24-19(21)26)9-20(3,4)10-15(16)27-17/h5-8H,9-10H2,1-4H3,(H,22,25)(H3,21,24,26)/b23-14-. The zero-order chi connectivity index (χ0) is 19.8. The van der Waals surface area contributed by atoms with Gasteiger partial charge >= 0.3 is 6.03 Å². The monoisotopic (exact) mass is 368 g/mol. The van der Waals surface area contributed by atoms with E-state index in [1.165, 1.54) is 0 Å². The molecule has 1 aromatic heterocycles. The van der Waals surface area contributed by atoms with Gasteiger partial charge in [-0.3, -0.25) is 4.79 Å². The van der Waals surface area contributed by atoms with Gasteiger partial charge in [-0.1, -0.05) is 26.0 Å². The van der Waals surface area contributed by atoms with E-state index in [1.807, 2.05) is 38.1 Å². The zero-order valence-electron chi connectivity index (χ0n) is 16.0. The third kappa shape index (κ3) is 4.02. The molecule has 1 aromatic carbocycles. The minimum absolute atomic E-state index is 0.111. The molecular weight excluding hydrogens is 344 g/mol. The van der Waals surface area contributed by atoms with Crippen LogP contribution in [0, 0.1) is 19.3 Å². The van der Waals surface area contributed by atoms with Crippen LogP contribution in [0.15, 0.2) is 33.8 Å². The number of fused-ring (bicyclic) bond motifs is 1. The van der Waals surface area contributed by atoms with Gasteiger partial charge in [0.25, 0.3) is 5.91 Å². The van der Waals surface area contributed by atoms with Crippen molar-refractivity contribution in [2.75, 3.05) is 5.32 Å². The van der Waals surface area contributed by atoms with Gasteiger partial charge in [-0.15, -0.1) is 0 Å². The van der Waals surface area contributed by atoms with Crippen molar-refractivity contribution in [2.24, 2.45) is 16.3 Å². The van der Waals surface area contributed by atoms with Crippen LogP contribution in [0.5, 0.6) is 0 Å². The minimum Gasteiger partial charge on any atom is -0.455 e. The zero-order valence-corrected chi connectivity index (χ0v) is 16.0. The van der Waals surface area contributed by atoms with Crippen molar-refractivity contribution in [2.45, 2.75) is 40.5 Å². The fourth-order valence-corrected chi connectivity index (χ4v) is 3.46. The highest BCUT2D eigenvalue weighted by Crippen LogP contribution is 2.39. The normalized spacial score (nSPS) is 16.7. The third-order valence-corrected chi connectivity index (χ3v) is 4.58. The molecule has 0 aliphatic heterocycles. The second-order valence-corrected chi connectivity index (χ2v) is 7.73. The Bertz CT molecular complexity index is 941. The summed E-state index contributed by atoms with van der Waals surface area (Å²) in [6.45, 7) is 7.95. The Hall–Kier alpha value is -3.09. The van der Waals surface area contributed by atoms with Crippen LogP contribution in [0.2, 0.25) is 0 Å². The number of benzene rings is 1. The van der Waals surface area contributed by atoms with Gasteiger partial charge in [0.2, 0.25) is 0 Å². The Labute approximate surface area is 158 Å². The first-order valence-electron chi connectivity index (χ1n) is 8.79. The van der Waals surface area contributed by atoms with Gasteiger partial charge < -0.3 is 15.5 Å². The summed E-state index contributed by atoms with van der Waals surface area (Å²) >= 11 is 0. The highest BCUT2D eigenvalue weighted by Gasteiger charge is 2.36. The summed E-state index contributed by atoms with van der Waals surface area (Å²) in [7, 11) is 0. The number of hydrogen-bond acceptors (Lipinski definition) is 4. The average Bonchev–Trinajstić information content (AvgIpc) is 2.88. The fraction of sp³-hybridized carbons (Fsp3) is 0.350. The van der Waals surface area contributed by atoms with E-state index in [0.717, 1.165) is 11.1 Å². The number of carbonyl (C=O) groups is 2. The molecule has 0 radical (unpaired) electrons. The molecule has 4 N–H and O–H groups in total. The maximum atomic E-state index is 12.8. The number of anilines is 1. The number of nitrogens with zero attached hydrogens (tertiary/aromatic N) is 1. The van der Waals surface area contributed by atoms with E-state index in [9.17, 15) is 9.59 Å². The van der Waals surface area contributed by atoms with Gasteiger partial charge in [-0.05, 0) is 43.4 Å². The summed E-state index contributed by atoms with van der Waals surface area (Å²) in [5.74, 6) is 0.640. The van der Waals surface area contributed by atoms with Gasteiger partial charge in [0.05, 0.1) is 5.71 Å². The van der Waals surface area contributed by atoms with Crippen molar-refractivity contribution < 1.29 is 14.0 Å². The van der Waals surface area contributed by atoms with E-state index in [-0.39, 0.29) is 17.1 Å². The Kier molecular flexibility index (Phi) is 4.78. The number of aryl methyl sites for hydroxylation is 1. The topological polar surface area (TPSA) is 110 Å². The second kappa shape index (κ2) is 6.90. The van der Waals surface area contributed by atoms with Crippen molar-refractivity contribution >= 4 is 23.3 Å². The highest BCUT2D eigenvalue weighted by molar-refractivity contribution is 6.09. The number of nitrogens with one attached hydrogen (secondary N) is 2. The molecule has 0 bridgehead atoms. The van der Waals surface area contributed by atoms with Gasteiger partial charge in [0.1, 0.15) is 5.76 Å². The van der Waals surface area contributed by atoms with Gasteiger partial charge in [-0.25, -0.2) is 10.2 Å². The van der Waals surface area contributed by atoms with E-state index >= 15 is 0 Å². The SMILES string of the molecule is Cc1cccc(NC(=O)c2oc3c(c2C)/C(=N\NC(N)=O)CC(C)(C)C3)c1. The van der Waals surface area contributed by atoms with Crippen LogP contribution in [0.4, 0.5) is 10.5 Å². The number of furan rings is 1. The number of nitrogens with two attached hydrogens (primary N) is 1. The lowest BCUT2D eigenvalue weighted by molar-refractivity contribution is 0.0993. The molecule has 0 saturated carbocycles. The first-order valence-corrected chi connectivity index (χ1v) is 8.79.